The SMILES string of the molecule is CCNC(=NCCN1C(=O)CNC1=O)N1CCC(c2ccccc2)C(C)C1. The van der Waals surface area contributed by atoms with Crippen molar-refractivity contribution >= 4 is 17.9 Å². The molecule has 2 N–H and O–H groups in total. The molecule has 2 saturated heterocycles. The first-order valence-corrected chi connectivity index (χ1v) is 9.76. The van der Waals surface area contributed by atoms with Crippen molar-refractivity contribution in [2.75, 3.05) is 39.3 Å². The van der Waals surface area contributed by atoms with Crippen molar-refractivity contribution in [2.24, 2.45) is 10.9 Å². The first-order chi connectivity index (χ1) is 13.1. The molecule has 2 aliphatic rings. The second-order valence-electron chi connectivity index (χ2n) is 7.17. The van der Waals surface area contributed by atoms with Crippen LogP contribution in [0.4, 0.5) is 4.79 Å². The molecule has 0 spiro atoms. The summed E-state index contributed by atoms with van der Waals surface area (Å²) in [4.78, 5) is 31.5. The standard InChI is InChI=1S/C20H29N5O2/c1-3-21-19(22-10-12-25-18(26)13-23-20(25)27)24-11-9-17(15(2)14-24)16-7-5-4-6-8-16/h4-8,15,17H,3,9-14H2,1-2H3,(H,21,22)(H,23,27). The summed E-state index contributed by atoms with van der Waals surface area (Å²) in [6.07, 6.45) is 1.09. The number of likely N-dealkylation sites (tertiary alicyclic amines) is 1. The van der Waals surface area contributed by atoms with Gasteiger partial charge in [-0.1, -0.05) is 37.3 Å². The van der Waals surface area contributed by atoms with Crippen molar-refractivity contribution in [1.29, 1.82) is 0 Å². The highest BCUT2D eigenvalue weighted by Crippen LogP contribution is 2.32. The fourth-order valence-electron chi connectivity index (χ4n) is 3.90. The first-order valence-electron chi connectivity index (χ1n) is 9.76. The molecule has 7 nitrogen and oxygen atoms in total. The topological polar surface area (TPSA) is 77.0 Å². The summed E-state index contributed by atoms with van der Waals surface area (Å²) < 4.78 is 0. The molecule has 0 aromatic heterocycles. The van der Waals surface area contributed by atoms with E-state index in [1.165, 1.54) is 10.5 Å². The molecule has 0 saturated carbocycles. The van der Waals surface area contributed by atoms with E-state index in [9.17, 15) is 9.59 Å². The van der Waals surface area contributed by atoms with Crippen molar-refractivity contribution in [3.63, 3.8) is 0 Å². The highest BCUT2D eigenvalue weighted by molar-refractivity contribution is 6.01. The smallest absolute Gasteiger partial charge is 0.324 e. The lowest BCUT2D eigenvalue weighted by atomic mass is 9.82. The van der Waals surface area contributed by atoms with Crippen LogP contribution in [0.1, 0.15) is 31.7 Å². The van der Waals surface area contributed by atoms with Crippen LogP contribution in [0, 0.1) is 5.92 Å². The molecule has 3 rings (SSSR count). The van der Waals surface area contributed by atoms with Crippen LogP contribution in [-0.2, 0) is 4.79 Å². The zero-order valence-electron chi connectivity index (χ0n) is 16.1. The Bertz CT molecular complexity index is 675. The lowest BCUT2D eigenvalue weighted by Crippen LogP contribution is -2.48. The van der Waals surface area contributed by atoms with Crippen LogP contribution in [0.15, 0.2) is 35.3 Å². The fourth-order valence-corrected chi connectivity index (χ4v) is 3.90. The molecule has 2 unspecified atom stereocenters. The molecule has 2 atom stereocenters. The van der Waals surface area contributed by atoms with Gasteiger partial charge in [-0.3, -0.25) is 14.7 Å². The third-order valence-electron chi connectivity index (χ3n) is 5.29. The van der Waals surface area contributed by atoms with Gasteiger partial charge in [-0.25, -0.2) is 4.79 Å². The van der Waals surface area contributed by atoms with Crippen LogP contribution in [0.3, 0.4) is 0 Å². The van der Waals surface area contributed by atoms with E-state index in [1.807, 2.05) is 6.92 Å². The van der Waals surface area contributed by atoms with Crippen LogP contribution in [0.2, 0.25) is 0 Å². The van der Waals surface area contributed by atoms with E-state index in [0.29, 0.717) is 24.9 Å². The van der Waals surface area contributed by atoms with E-state index in [0.717, 1.165) is 32.0 Å². The summed E-state index contributed by atoms with van der Waals surface area (Å²) in [6, 6.07) is 10.4. The van der Waals surface area contributed by atoms with E-state index in [4.69, 9.17) is 0 Å². The number of rotatable bonds is 5. The van der Waals surface area contributed by atoms with E-state index >= 15 is 0 Å². The predicted octanol–water partition coefficient (Wildman–Crippen LogP) is 1.63. The number of nitrogens with one attached hydrogen (secondary N) is 2. The van der Waals surface area contributed by atoms with Crippen molar-refractivity contribution < 1.29 is 9.59 Å². The van der Waals surface area contributed by atoms with Crippen molar-refractivity contribution in [3.05, 3.63) is 35.9 Å². The van der Waals surface area contributed by atoms with Crippen LogP contribution < -0.4 is 10.6 Å². The zero-order chi connectivity index (χ0) is 19.2. The second kappa shape index (κ2) is 8.88. The number of carbonyl (C=O) groups excluding carboxylic acids is 2. The highest BCUT2D eigenvalue weighted by Gasteiger charge is 2.30. The van der Waals surface area contributed by atoms with Crippen molar-refractivity contribution in [2.45, 2.75) is 26.2 Å². The minimum Gasteiger partial charge on any atom is -0.357 e. The number of benzene rings is 1. The second-order valence-corrected chi connectivity index (χ2v) is 7.17. The molecule has 27 heavy (non-hydrogen) atoms. The Balaban J connectivity index is 1.60. The maximum Gasteiger partial charge on any atom is 0.324 e. The minimum absolute atomic E-state index is 0.0904. The number of hydrogen-bond donors (Lipinski definition) is 2. The van der Waals surface area contributed by atoms with Gasteiger partial charge in [0, 0.05) is 19.6 Å². The van der Waals surface area contributed by atoms with E-state index in [1.54, 1.807) is 0 Å². The van der Waals surface area contributed by atoms with Gasteiger partial charge >= 0.3 is 6.03 Å². The number of aliphatic imine (C=N–C) groups is 1. The van der Waals surface area contributed by atoms with E-state index in [2.05, 4.69) is 57.8 Å². The summed E-state index contributed by atoms with van der Waals surface area (Å²) in [5, 5.41) is 5.88. The van der Waals surface area contributed by atoms with Gasteiger partial charge in [0.05, 0.1) is 19.6 Å². The average Bonchev–Trinajstić information content (AvgIpc) is 3.00. The Morgan fingerprint density at radius 1 is 1.30 bits per heavy atom. The van der Waals surface area contributed by atoms with Crippen molar-refractivity contribution in [1.82, 2.24) is 20.4 Å². The largest absolute Gasteiger partial charge is 0.357 e. The molecule has 2 aliphatic heterocycles. The van der Waals surface area contributed by atoms with Gasteiger partial charge in [-0.15, -0.1) is 0 Å². The molecule has 1 aromatic rings. The number of carbonyl (C=O) groups is 2. The molecular formula is C20H29N5O2. The summed E-state index contributed by atoms with van der Waals surface area (Å²) in [5.41, 5.74) is 1.41. The molecule has 0 aliphatic carbocycles. The Hall–Kier alpha value is -2.57. The zero-order valence-corrected chi connectivity index (χ0v) is 16.1. The van der Waals surface area contributed by atoms with E-state index < -0.39 is 0 Å². The van der Waals surface area contributed by atoms with Crippen molar-refractivity contribution in [3.8, 4) is 0 Å². The summed E-state index contributed by atoms with van der Waals surface area (Å²) in [6.45, 7) is 7.83. The number of urea groups is 1. The summed E-state index contributed by atoms with van der Waals surface area (Å²) in [5.74, 6) is 1.77. The fraction of sp³-hybridized carbons (Fsp3) is 0.550. The van der Waals surface area contributed by atoms with Gasteiger partial charge in [-0.2, -0.15) is 0 Å². The molecule has 0 bridgehead atoms. The Morgan fingerprint density at radius 2 is 2.07 bits per heavy atom. The Kier molecular flexibility index (Phi) is 6.32. The molecule has 2 heterocycles. The molecule has 3 amide bonds. The minimum atomic E-state index is -0.322. The first kappa shape index (κ1) is 19.2. The summed E-state index contributed by atoms with van der Waals surface area (Å²) >= 11 is 0. The number of piperidine rings is 1. The molecular weight excluding hydrogens is 342 g/mol. The number of hydrogen-bond acceptors (Lipinski definition) is 3. The number of guanidine groups is 1. The summed E-state index contributed by atoms with van der Waals surface area (Å²) in [7, 11) is 0. The molecule has 7 heteroatoms. The molecule has 1 aromatic carbocycles. The predicted molar refractivity (Wildman–Crippen MR) is 106 cm³/mol. The molecule has 0 radical (unpaired) electrons. The highest BCUT2D eigenvalue weighted by atomic mass is 16.2. The van der Waals surface area contributed by atoms with Gasteiger partial charge in [0.1, 0.15) is 0 Å². The third kappa shape index (κ3) is 4.59. The third-order valence-corrected chi connectivity index (χ3v) is 5.29. The Morgan fingerprint density at radius 3 is 2.70 bits per heavy atom. The van der Waals surface area contributed by atoms with Gasteiger partial charge < -0.3 is 15.5 Å². The monoisotopic (exact) mass is 371 g/mol. The van der Waals surface area contributed by atoms with Gasteiger partial charge in [-0.05, 0) is 30.7 Å². The van der Waals surface area contributed by atoms with Crippen LogP contribution in [0.25, 0.3) is 0 Å². The van der Waals surface area contributed by atoms with E-state index in [-0.39, 0.29) is 18.5 Å². The normalized spacial score (nSPS) is 23.6. The van der Waals surface area contributed by atoms with Crippen LogP contribution >= 0.6 is 0 Å². The quantitative estimate of drug-likeness (QED) is 0.469. The average molecular weight is 371 g/mol. The number of imide groups is 1. The lowest BCUT2D eigenvalue weighted by Gasteiger charge is -2.39. The maximum absolute atomic E-state index is 11.7. The van der Waals surface area contributed by atoms with Crippen LogP contribution in [-0.4, -0.2) is 67.0 Å². The molecule has 146 valence electrons. The maximum atomic E-state index is 11.7. The Labute approximate surface area is 160 Å². The number of amides is 3. The molecule has 2 fully saturated rings. The van der Waals surface area contributed by atoms with Gasteiger partial charge in [0.25, 0.3) is 0 Å². The lowest BCUT2D eigenvalue weighted by molar-refractivity contribution is -0.124. The van der Waals surface area contributed by atoms with Gasteiger partial charge in [0.2, 0.25) is 5.91 Å². The van der Waals surface area contributed by atoms with Crippen LogP contribution in [0.5, 0.6) is 0 Å². The van der Waals surface area contributed by atoms with Gasteiger partial charge in [0.15, 0.2) is 5.96 Å². The number of nitrogens with zero attached hydrogens (tertiary/aromatic N) is 3.